The van der Waals surface area contributed by atoms with Gasteiger partial charge in [-0.15, -0.1) is 0 Å². The monoisotopic (exact) mass is 255 g/mol. The third-order valence-corrected chi connectivity index (χ3v) is 3.22. The summed E-state index contributed by atoms with van der Waals surface area (Å²) < 4.78 is 0. The summed E-state index contributed by atoms with van der Waals surface area (Å²) in [7, 11) is 0. The Kier molecular flexibility index (Phi) is 3.95. The molecular formula is C16H21N3. The Morgan fingerprint density at radius 2 is 1.63 bits per heavy atom. The zero-order valence-electron chi connectivity index (χ0n) is 11.5. The summed E-state index contributed by atoms with van der Waals surface area (Å²) in [6, 6.07) is 16.6. The Labute approximate surface area is 114 Å². The van der Waals surface area contributed by atoms with Crippen LogP contribution in [0.2, 0.25) is 0 Å². The van der Waals surface area contributed by atoms with Gasteiger partial charge in [0.2, 0.25) is 0 Å². The zero-order valence-corrected chi connectivity index (χ0v) is 11.5. The Morgan fingerprint density at radius 3 is 2.21 bits per heavy atom. The average molecular weight is 255 g/mol. The molecule has 3 nitrogen and oxygen atoms in total. The molecule has 0 fully saturated rings. The van der Waals surface area contributed by atoms with E-state index in [1.165, 1.54) is 5.56 Å². The number of anilines is 3. The van der Waals surface area contributed by atoms with Crippen LogP contribution in [0, 0.1) is 0 Å². The molecule has 19 heavy (non-hydrogen) atoms. The van der Waals surface area contributed by atoms with Crippen molar-refractivity contribution in [2.75, 3.05) is 16.4 Å². The molecule has 0 aliphatic carbocycles. The molecule has 0 saturated carbocycles. The molecule has 0 atom stereocenters. The van der Waals surface area contributed by atoms with E-state index in [4.69, 9.17) is 11.5 Å². The highest BCUT2D eigenvalue weighted by Crippen LogP contribution is 2.26. The van der Waals surface area contributed by atoms with Crippen molar-refractivity contribution in [3.05, 3.63) is 54.1 Å². The van der Waals surface area contributed by atoms with Gasteiger partial charge in [0, 0.05) is 18.3 Å². The lowest BCUT2D eigenvalue weighted by Gasteiger charge is -2.29. The molecule has 0 bridgehead atoms. The van der Waals surface area contributed by atoms with Crippen LogP contribution in [0.5, 0.6) is 0 Å². The molecule has 0 spiro atoms. The van der Waals surface area contributed by atoms with Crippen molar-refractivity contribution < 1.29 is 0 Å². The summed E-state index contributed by atoms with van der Waals surface area (Å²) in [5.41, 5.74) is 15.3. The maximum Gasteiger partial charge on any atom is 0.0568 e. The van der Waals surface area contributed by atoms with Crippen molar-refractivity contribution in [1.29, 1.82) is 0 Å². The molecule has 0 heterocycles. The molecule has 2 rings (SSSR count). The van der Waals surface area contributed by atoms with Crippen molar-refractivity contribution in [2.45, 2.75) is 26.4 Å². The van der Waals surface area contributed by atoms with E-state index in [2.05, 4.69) is 43.0 Å². The molecule has 0 amide bonds. The Morgan fingerprint density at radius 1 is 0.947 bits per heavy atom. The number of benzene rings is 2. The van der Waals surface area contributed by atoms with E-state index in [-0.39, 0.29) is 0 Å². The number of nitrogen functional groups attached to an aromatic ring is 2. The van der Waals surface area contributed by atoms with Gasteiger partial charge in [0.25, 0.3) is 0 Å². The van der Waals surface area contributed by atoms with Crippen LogP contribution in [0.25, 0.3) is 0 Å². The minimum absolute atomic E-state index is 0.392. The second kappa shape index (κ2) is 5.65. The van der Waals surface area contributed by atoms with Gasteiger partial charge in [0.1, 0.15) is 0 Å². The number of hydrogen-bond acceptors (Lipinski definition) is 3. The highest BCUT2D eigenvalue weighted by molar-refractivity contribution is 5.70. The molecule has 0 aliphatic rings. The number of rotatable bonds is 4. The van der Waals surface area contributed by atoms with Crippen molar-refractivity contribution in [3.63, 3.8) is 0 Å². The lowest BCUT2D eigenvalue weighted by molar-refractivity contribution is 0.683. The van der Waals surface area contributed by atoms with Crippen LogP contribution in [0.1, 0.15) is 19.4 Å². The number of nitrogens with two attached hydrogens (primary N) is 2. The molecule has 0 aromatic heterocycles. The third kappa shape index (κ3) is 3.19. The van der Waals surface area contributed by atoms with Crippen LogP contribution in [0.4, 0.5) is 17.1 Å². The van der Waals surface area contributed by atoms with Crippen LogP contribution in [0.15, 0.2) is 48.5 Å². The topological polar surface area (TPSA) is 55.3 Å². The van der Waals surface area contributed by atoms with Crippen LogP contribution in [-0.2, 0) is 6.54 Å². The molecule has 0 saturated heterocycles. The van der Waals surface area contributed by atoms with Gasteiger partial charge in [-0.1, -0.05) is 30.3 Å². The van der Waals surface area contributed by atoms with Gasteiger partial charge in [-0.25, -0.2) is 0 Å². The maximum atomic E-state index is 5.90. The number of hydrogen-bond donors (Lipinski definition) is 2. The van der Waals surface area contributed by atoms with Gasteiger partial charge >= 0.3 is 0 Å². The van der Waals surface area contributed by atoms with Gasteiger partial charge in [-0.2, -0.15) is 0 Å². The second-order valence-electron chi connectivity index (χ2n) is 5.02. The number of nitrogens with zero attached hydrogens (tertiary/aromatic N) is 1. The molecule has 100 valence electrons. The third-order valence-electron chi connectivity index (χ3n) is 3.22. The standard InChI is InChI=1S/C16H21N3/c1-12(2)19(11-13-6-4-3-5-7-13)14-8-9-15(17)16(18)10-14/h3-10,12H,11,17-18H2,1-2H3. The molecule has 0 aliphatic heterocycles. The second-order valence-corrected chi connectivity index (χ2v) is 5.02. The first-order valence-electron chi connectivity index (χ1n) is 6.53. The van der Waals surface area contributed by atoms with E-state index in [0.717, 1.165) is 12.2 Å². The lowest BCUT2D eigenvalue weighted by atomic mass is 10.1. The van der Waals surface area contributed by atoms with Crippen molar-refractivity contribution in [2.24, 2.45) is 0 Å². The first kappa shape index (κ1) is 13.3. The largest absolute Gasteiger partial charge is 0.397 e. The SMILES string of the molecule is CC(C)N(Cc1ccccc1)c1ccc(N)c(N)c1. The lowest BCUT2D eigenvalue weighted by Crippen LogP contribution is -2.30. The van der Waals surface area contributed by atoms with E-state index in [0.29, 0.717) is 17.4 Å². The van der Waals surface area contributed by atoms with Crippen molar-refractivity contribution >= 4 is 17.1 Å². The fraction of sp³-hybridized carbons (Fsp3) is 0.250. The van der Waals surface area contributed by atoms with E-state index in [1.807, 2.05) is 24.3 Å². The zero-order chi connectivity index (χ0) is 13.8. The maximum absolute atomic E-state index is 5.90. The van der Waals surface area contributed by atoms with Crippen LogP contribution < -0.4 is 16.4 Å². The minimum atomic E-state index is 0.392. The summed E-state index contributed by atoms with van der Waals surface area (Å²) in [5.74, 6) is 0. The highest BCUT2D eigenvalue weighted by atomic mass is 15.1. The van der Waals surface area contributed by atoms with Crippen molar-refractivity contribution in [3.8, 4) is 0 Å². The smallest absolute Gasteiger partial charge is 0.0568 e. The first-order chi connectivity index (χ1) is 9.08. The Bertz CT molecular complexity index is 535. The van der Waals surface area contributed by atoms with E-state index in [9.17, 15) is 0 Å². The van der Waals surface area contributed by atoms with Crippen LogP contribution >= 0.6 is 0 Å². The minimum Gasteiger partial charge on any atom is -0.397 e. The molecule has 0 radical (unpaired) electrons. The highest BCUT2D eigenvalue weighted by Gasteiger charge is 2.12. The van der Waals surface area contributed by atoms with E-state index >= 15 is 0 Å². The van der Waals surface area contributed by atoms with Crippen molar-refractivity contribution in [1.82, 2.24) is 0 Å². The van der Waals surface area contributed by atoms with Gasteiger partial charge in [-0.3, -0.25) is 0 Å². The Balaban J connectivity index is 2.27. The summed E-state index contributed by atoms with van der Waals surface area (Å²) in [5, 5.41) is 0. The van der Waals surface area contributed by atoms with E-state index in [1.54, 1.807) is 0 Å². The molecule has 4 N–H and O–H groups in total. The quantitative estimate of drug-likeness (QED) is 0.824. The first-order valence-corrected chi connectivity index (χ1v) is 6.53. The molecule has 2 aromatic carbocycles. The summed E-state index contributed by atoms with van der Waals surface area (Å²) in [4.78, 5) is 2.31. The summed E-state index contributed by atoms with van der Waals surface area (Å²) in [6.07, 6.45) is 0. The summed E-state index contributed by atoms with van der Waals surface area (Å²) in [6.45, 7) is 5.22. The normalized spacial score (nSPS) is 10.7. The van der Waals surface area contributed by atoms with E-state index < -0.39 is 0 Å². The van der Waals surface area contributed by atoms with Gasteiger partial charge < -0.3 is 16.4 Å². The van der Waals surface area contributed by atoms with Gasteiger partial charge in [0.15, 0.2) is 0 Å². The molecule has 3 heteroatoms. The predicted octanol–water partition coefficient (Wildman–Crippen LogP) is 3.27. The van der Waals surface area contributed by atoms with Gasteiger partial charge in [-0.05, 0) is 37.6 Å². The molecule has 2 aromatic rings. The predicted molar refractivity (Wildman–Crippen MR) is 83.0 cm³/mol. The Hall–Kier alpha value is -2.16. The van der Waals surface area contributed by atoms with Crippen LogP contribution in [0.3, 0.4) is 0 Å². The van der Waals surface area contributed by atoms with Crippen LogP contribution in [-0.4, -0.2) is 6.04 Å². The average Bonchev–Trinajstić information content (AvgIpc) is 2.40. The fourth-order valence-electron chi connectivity index (χ4n) is 2.09. The summed E-state index contributed by atoms with van der Waals surface area (Å²) >= 11 is 0. The molecule has 0 unspecified atom stereocenters. The van der Waals surface area contributed by atoms with Gasteiger partial charge in [0.05, 0.1) is 11.4 Å². The fourth-order valence-corrected chi connectivity index (χ4v) is 2.09. The molecular weight excluding hydrogens is 234 g/mol.